The summed E-state index contributed by atoms with van der Waals surface area (Å²) in [6.07, 6.45) is 0. The molecule has 2 heterocycles. The van der Waals surface area contributed by atoms with Crippen LogP contribution in [-0.2, 0) is 20.1 Å². The minimum atomic E-state index is -0.978. The maximum atomic E-state index is 13.4. The highest BCUT2D eigenvalue weighted by atomic mass is 16.4. The highest BCUT2D eigenvalue weighted by Crippen LogP contribution is 2.33. The molecular weight excluding hydrogens is 426 g/mol. The van der Waals surface area contributed by atoms with E-state index in [0.717, 1.165) is 35.4 Å². The highest BCUT2D eigenvalue weighted by Gasteiger charge is 2.23. The third-order valence-corrected chi connectivity index (χ3v) is 6.67. The van der Waals surface area contributed by atoms with Gasteiger partial charge in [0.1, 0.15) is 5.82 Å². The summed E-state index contributed by atoms with van der Waals surface area (Å²) in [6, 6.07) is 21.1. The molecule has 0 bridgehead atoms. The number of rotatable bonds is 5. The fourth-order valence-corrected chi connectivity index (χ4v) is 4.94. The normalized spacial score (nSPS) is 13.7. The number of carboxylic acid groups (broad SMARTS) is 1. The van der Waals surface area contributed by atoms with Crippen molar-refractivity contribution in [3.63, 3.8) is 0 Å². The lowest BCUT2D eigenvalue weighted by Crippen LogP contribution is -2.27. The van der Waals surface area contributed by atoms with Crippen LogP contribution in [0.2, 0.25) is 0 Å². The van der Waals surface area contributed by atoms with Gasteiger partial charge in [0.2, 0.25) is 0 Å². The zero-order valence-corrected chi connectivity index (χ0v) is 19.5. The molecule has 0 amide bonds. The molecule has 1 atom stereocenters. The van der Waals surface area contributed by atoms with Gasteiger partial charge in [0.25, 0.3) is 5.56 Å². The van der Waals surface area contributed by atoms with Crippen LogP contribution in [0.1, 0.15) is 45.6 Å². The van der Waals surface area contributed by atoms with Crippen LogP contribution in [0.3, 0.4) is 0 Å². The number of anilines is 2. The number of hydrogen-bond acceptors (Lipinski definition) is 4. The molecule has 0 spiro atoms. The average Bonchev–Trinajstić information content (AvgIpc) is 3.25. The fourth-order valence-electron chi connectivity index (χ4n) is 4.94. The predicted molar refractivity (Wildman–Crippen MR) is 136 cm³/mol. The summed E-state index contributed by atoms with van der Waals surface area (Å²) in [6.45, 7) is 5.49. The Bertz CT molecular complexity index is 1460. The number of carbonyl (C=O) groups is 1. The van der Waals surface area contributed by atoms with E-state index in [9.17, 15) is 14.7 Å². The van der Waals surface area contributed by atoms with E-state index in [-0.39, 0.29) is 17.2 Å². The molecule has 6 nitrogen and oxygen atoms in total. The first kappa shape index (κ1) is 21.8. The van der Waals surface area contributed by atoms with Gasteiger partial charge in [-0.3, -0.25) is 9.36 Å². The average molecular weight is 454 g/mol. The largest absolute Gasteiger partial charge is 0.478 e. The summed E-state index contributed by atoms with van der Waals surface area (Å²) < 4.78 is 1.73. The van der Waals surface area contributed by atoms with E-state index in [4.69, 9.17) is 0 Å². The predicted octanol–water partition coefficient (Wildman–Crippen LogP) is 5.24. The van der Waals surface area contributed by atoms with Crippen LogP contribution in [0.25, 0.3) is 10.8 Å². The van der Waals surface area contributed by atoms with Gasteiger partial charge in [0.05, 0.1) is 5.56 Å². The number of aryl methyl sites for hydroxylation is 1. The van der Waals surface area contributed by atoms with Crippen LogP contribution in [0.15, 0.2) is 71.5 Å². The summed E-state index contributed by atoms with van der Waals surface area (Å²) in [5.74, 6) is -0.105. The molecule has 0 aliphatic carbocycles. The van der Waals surface area contributed by atoms with Gasteiger partial charge in [-0.05, 0) is 65.8 Å². The topological polar surface area (TPSA) is 74.6 Å². The van der Waals surface area contributed by atoms with Gasteiger partial charge in [0.15, 0.2) is 0 Å². The Morgan fingerprint density at radius 3 is 2.29 bits per heavy atom. The first-order valence-corrected chi connectivity index (χ1v) is 11.4. The van der Waals surface area contributed by atoms with Crippen molar-refractivity contribution in [2.45, 2.75) is 33.0 Å². The molecule has 4 aromatic rings. The number of aromatic nitrogens is 1. The van der Waals surface area contributed by atoms with Crippen molar-refractivity contribution in [1.82, 2.24) is 4.57 Å². The van der Waals surface area contributed by atoms with Crippen LogP contribution < -0.4 is 15.8 Å². The van der Waals surface area contributed by atoms with Gasteiger partial charge < -0.3 is 15.3 Å². The van der Waals surface area contributed by atoms with Gasteiger partial charge >= 0.3 is 5.97 Å². The maximum absolute atomic E-state index is 13.4. The molecule has 0 saturated heterocycles. The number of pyridine rings is 1. The van der Waals surface area contributed by atoms with Crippen LogP contribution in [0.5, 0.6) is 0 Å². The van der Waals surface area contributed by atoms with Crippen LogP contribution >= 0.6 is 0 Å². The molecule has 5 rings (SSSR count). The van der Waals surface area contributed by atoms with Crippen molar-refractivity contribution in [3.05, 3.63) is 105 Å². The SMILES string of the molecule is Cc1cc([C@@H](C)Nc2ccccc2C(=O)O)c2cc(N3Cc4ccccc4C3)n(C)c(=O)c2c1. The van der Waals surface area contributed by atoms with Crippen LogP contribution in [0, 0.1) is 6.92 Å². The van der Waals surface area contributed by atoms with Crippen molar-refractivity contribution in [2.75, 3.05) is 10.2 Å². The highest BCUT2D eigenvalue weighted by molar-refractivity contribution is 5.94. The summed E-state index contributed by atoms with van der Waals surface area (Å²) in [5.41, 5.74) is 5.24. The second kappa shape index (κ2) is 8.37. The third kappa shape index (κ3) is 3.71. The second-order valence-electron chi connectivity index (χ2n) is 9.02. The summed E-state index contributed by atoms with van der Waals surface area (Å²) in [7, 11) is 1.83. The van der Waals surface area contributed by atoms with E-state index in [1.165, 1.54) is 11.1 Å². The van der Waals surface area contributed by atoms with E-state index < -0.39 is 5.97 Å². The molecule has 1 aromatic heterocycles. The molecule has 0 fully saturated rings. The Morgan fingerprint density at radius 2 is 1.62 bits per heavy atom. The molecule has 3 aromatic carbocycles. The van der Waals surface area contributed by atoms with E-state index in [1.54, 1.807) is 22.8 Å². The molecule has 0 radical (unpaired) electrons. The van der Waals surface area contributed by atoms with E-state index >= 15 is 0 Å². The van der Waals surface area contributed by atoms with Gasteiger partial charge in [0, 0.05) is 37.3 Å². The third-order valence-electron chi connectivity index (χ3n) is 6.67. The number of carboxylic acids is 1. The van der Waals surface area contributed by atoms with E-state index in [2.05, 4.69) is 34.5 Å². The van der Waals surface area contributed by atoms with Gasteiger partial charge in [-0.15, -0.1) is 0 Å². The molecule has 172 valence electrons. The van der Waals surface area contributed by atoms with Crippen molar-refractivity contribution >= 4 is 28.2 Å². The monoisotopic (exact) mass is 453 g/mol. The van der Waals surface area contributed by atoms with Gasteiger partial charge in [-0.25, -0.2) is 4.79 Å². The van der Waals surface area contributed by atoms with Gasteiger partial charge in [-0.1, -0.05) is 42.5 Å². The number of benzene rings is 3. The molecule has 1 aliphatic heterocycles. The Hall–Kier alpha value is -4.06. The van der Waals surface area contributed by atoms with Crippen molar-refractivity contribution < 1.29 is 9.90 Å². The standard InChI is InChI=1S/C28H27N3O3/c1-17-12-22(18(2)29-25-11-7-6-10-21(25)28(33)34)23-14-26(30(3)27(32)24(23)13-17)31-15-19-8-4-5-9-20(19)16-31/h4-14,18,29H,15-16H2,1-3H3,(H,33,34)/t18-/m1/s1. The quantitative estimate of drug-likeness (QED) is 0.432. The lowest BCUT2D eigenvalue weighted by molar-refractivity contribution is 0.0698. The molecule has 0 saturated carbocycles. The Morgan fingerprint density at radius 1 is 0.971 bits per heavy atom. The Kier molecular flexibility index (Phi) is 5.36. The van der Waals surface area contributed by atoms with Crippen molar-refractivity contribution in [2.24, 2.45) is 7.05 Å². The zero-order chi connectivity index (χ0) is 24.0. The first-order valence-electron chi connectivity index (χ1n) is 11.4. The number of fused-ring (bicyclic) bond motifs is 2. The number of hydrogen-bond donors (Lipinski definition) is 2. The molecule has 1 aliphatic rings. The Labute approximate surface area is 198 Å². The lowest BCUT2D eigenvalue weighted by atomic mass is 9.97. The summed E-state index contributed by atoms with van der Waals surface area (Å²) in [4.78, 5) is 27.4. The second-order valence-corrected chi connectivity index (χ2v) is 9.02. The smallest absolute Gasteiger partial charge is 0.337 e. The fraction of sp³-hybridized carbons (Fsp3) is 0.214. The summed E-state index contributed by atoms with van der Waals surface area (Å²) in [5, 5.41) is 14.5. The van der Waals surface area contributed by atoms with E-state index in [0.29, 0.717) is 11.1 Å². The maximum Gasteiger partial charge on any atom is 0.337 e. The molecular formula is C28H27N3O3. The van der Waals surface area contributed by atoms with Gasteiger partial charge in [-0.2, -0.15) is 0 Å². The molecule has 2 N–H and O–H groups in total. The first-order chi connectivity index (χ1) is 16.3. The van der Waals surface area contributed by atoms with Crippen molar-refractivity contribution in [3.8, 4) is 0 Å². The minimum Gasteiger partial charge on any atom is -0.478 e. The molecule has 6 heteroatoms. The molecule has 34 heavy (non-hydrogen) atoms. The minimum absolute atomic E-state index is 0.0356. The van der Waals surface area contributed by atoms with E-state index in [1.807, 2.05) is 45.2 Å². The molecule has 0 unspecified atom stereocenters. The Balaban J connectivity index is 1.60. The van der Waals surface area contributed by atoms with Crippen molar-refractivity contribution in [1.29, 1.82) is 0 Å². The number of para-hydroxylation sites is 1. The zero-order valence-electron chi connectivity index (χ0n) is 19.5. The number of aromatic carboxylic acids is 1. The van der Waals surface area contributed by atoms with Crippen LogP contribution in [0.4, 0.5) is 11.5 Å². The lowest BCUT2D eigenvalue weighted by Gasteiger charge is -2.24. The summed E-state index contributed by atoms with van der Waals surface area (Å²) >= 11 is 0. The van der Waals surface area contributed by atoms with Crippen LogP contribution in [-0.4, -0.2) is 15.6 Å². The number of nitrogens with zero attached hydrogens (tertiary/aromatic N) is 2. The number of nitrogens with one attached hydrogen (secondary N) is 1.